The molecule has 0 bridgehead atoms. The van der Waals surface area contributed by atoms with E-state index in [1.165, 1.54) is 0 Å². The van der Waals surface area contributed by atoms with E-state index in [0.717, 1.165) is 35.1 Å². The summed E-state index contributed by atoms with van der Waals surface area (Å²) in [6, 6.07) is 1.10. The van der Waals surface area contributed by atoms with Crippen molar-refractivity contribution in [2.45, 2.75) is 50.4 Å². The Bertz CT molecular complexity index is 824. The second-order valence-corrected chi connectivity index (χ2v) is 20.4. The predicted octanol–water partition coefficient (Wildman–Crippen LogP) is 3.79. The summed E-state index contributed by atoms with van der Waals surface area (Å²) in [6.07, 6.45) is 4.66. The molecule has 0 aliphatic carbocycles. The van der Waals surface area contributed by atoms with Crippen LogP contribution in [-0.4, -0.2) is 118 Å². The van der Waals surface area contributed by atoms with Gasteiger partial charge in [0.2, 0.25) is 0 Å². The van der Waals surface area contributed by atoms with Gasteiger partial charge in [0.05, 0.1) is 79.3 Å². The molecule has 0 aromatic carbocycles. The van der Waals surface area contributed by atoms with Crippen LogP contribution in [0.2, 0.25) is 32.2 Å². The maximum Gasteiger partial charge on any atom is 0.187 e. The van der Waals surface area contributed by atoms with Gasteiger partial charge in [-0.1, -0.05) is 16.9 Å². The largest absolute Gasteiger partial charge is 0.455 e. The lowest BCUT2D eigenvalue weighted by Crippen LogP contribution is -2.46. The highest BCUT2D eigenvalue weighted by atomic mass is 32.2. The first-order valence-corrected chi connectivity index (χ1v) is 21.3. The first-order chi connectivity index (χ1) is 19.8. The minimum atomic E-state index is -1.81. The molecule has 0 spiro atoms. The van der Waals surface area contributed by atoms with Crippen molar-refractivity contribution in [1.29, 1.82) is 0 Å². The van der Waals surface area contributed by atoms with Crippen LogP contribution in [0.4, 0.5) is 0 Å². The normalized spacial score (nSPS) is 12.0. The number of hydrogen-bond acceptors (Lipinski definition) is 12. The fraction of sp³-hybridized carbons (Fsp3) is 0.840. The number of aromatic nitrogens is 2. The molecule has 236 valence electrons. The number of nitrogens with two attached hydrogens (primary N) is 1. The molecule has 0 saturated heterocycles. The Morgan fingerprint density at radius 1 is 0.780 bits per heavy atom. The Labute approximate surface area is 251 Å². The van der Waals surface area contributed by atoms with Crippen molar-refractivity contribution >= 4 is 28.4 Å². The lowest BCUT2D eigenvalue weighted by Gasteiger charge is -2.33. The second-order valence-electron chi connectivity index (χ2n) is 10.2. The van der Waals surface area contributed by atoms with Gasteiger partial charge >= 0.3 is 0 Å². The third kappa shape index (κ3) is 23.0. The lowest BCUT2D eigenvalue weighted by atomic mass is 10.4. The quantitative estimate of drug-likeness (QED) is 0.0271. The summed E-state index contributed by atoms with van der Waals surface area (Å²) < 4.78 is 39.3. The van der Waals surface area contributed by atoms with Gasteiger partial charge in [-0.15, -0.1) is 0 Å². The van der Waals surface area contributed by atoms with Gasteiger partial charge in [0.15, 0.2) is 21.8 Å². The topological polar surface area (TPSA) is 165 Å². The first kappa shape index (κ1) is 37.9. The molecule has 0 unspecified atom stereocenters. The van der Waals surface area contributed by atoms with Crippen LogP contribution < -0.4 is 5.73 Å². The van der Waals surface area contributed by atoms with Crippen LogP contribution in [0, 0.1) is 0 Å². The first-order valence-electron chi connectivity index (χ1n) is 14.1. The van der Waals surface area contributed by atoms with E-state index < -0.39 is 16.6 Å². The van der Waals surface area contributed by atoms with Gasteiger partial charge in [-0.25, -0.2) is 9.97 Å². The van der Waals surface area contributed by atoms with Crippen molar-refractivity contribution in [3.8, 4) is 0 Å². The number of ether oxygens (including phenoxy) is 6. The molecule has 1 aromatic heterocycles. The molecule has 0 fully saturated rings. The van der Waals surface area contributed by atoms with Crippen molar-refractivity contribution in [2.24, 2.45) is 10.8 Å². The summed E-state index contributed by atoms with van der Waals surface area (Å²) in [4.78, 5) is 11.6. The summed E-state index contributed by atoms with van der Waals surface area (Å²) in [7, 11) is -3.49. The summed E-state index contributed by atoms with van der Waals surface area (Å²) in [5.41, 5.74) is 14.7. The molecule has 1 rings (SSSR count). The molecule has 0 atom stereocenters. The molecule has 13 nitrogen and oxygen atoms in total. The highest BCUT2D eigenvalue weighted by Crippen LogP contribution is 2.25. The Hall–Kier alpha value is -1.15. The Balaban J connectivity index is 1.95. The second kappa shape index (κ2) is 24.3. The molecule has 0 saturated carbocycles. The number of azide groups is 1. The third-order valence-corrected chi connectivity index (χ3v) is 15.1. The van der Waals surface area contributed by atoms with Gasteiger partial charge < -0.3 is 38.3 Å². The zero-order valence-corrected chi connectivity index (χ0v) is 28.1. The minimum absolute atomic E-state index is 0.330. The monoisotopic (exact) mass is 634 g/mol. The van der Waals surface area contributed by atoms with E-state index in [-0.39, 0.29) is 0 Å². The number of rotatable bonds is 28. The summed E-state index contributed by atoms with van der Waals surface area (Å²) >= 11 is 1.66. The van der Waals surface area contributed by atoms with Crippen LogP contribution in [0.15, 0.2) is 22.7 Å². The fourth-order valence-corrected chi connectivity index (χ4v) is 13.9. The van der Waals surface area contributed by atoms with E-state index in [4.69, 9.17) is 43.8 Å². The molecule has 1 heterocycles. The molecule has 1 aromatic rings. The van der Waals surface area contributed by atoms with Crippen LogP contribution in [0.3, 0.4) is 0 Å². The SMILES string of the molecule is C[Si](C)(CCCN)O[Si](C)(C)CSc1ncc(COCCOCCOCCOCCOCCOCCN=[N+]=[N-])cn1. The summed E-state index contributed by atoms with van der Waals surface area (Å²) in [5.74, 6) is 0. The molecule has 0 aliphatic heterocycles. The molecule has 16 heteroatoms. The zero-order valence-electron chi connectivity index (χ0n) is 25.3. The Morgan fingerprint density at radius 3 is 1.76 bits per heavy atom. The number of nitrogens with zero attached hydrogens (tertiary/aromatic N) is 5. The molecular weight excluding hydrogens is 585 g/mol. The molecule has 0 aliphatic rings. The lowest BCUT2D eigenvalue weighted by molar-refractivity contribution is -0.0174. The molecular formula is C25H50N6O7SSi2. The molecule has 0 amide bonds. The van der Waals surface area contributed by atoms with E-state index in [1.807, 2.05) is 12.4 Å². The number of hydrogen-bond donors (Lipinski definition) is 1. The Kier molecular flexibility index (Phi) is 22.5. The van der Waals surface area contributed by atoms with Crippen molar-refractivity contribution in [2.75, 3.05) is 91.1 Å². The zero-order chi connectivity index (χ0) is 30.1. The minimum Gasteiger partial charge on any atom is -0.455 e. The maximum absolute atomic E-state index is 8.14. The summed E-state index contributed by atoms with van der Waals surface area (Å²) in [5, 5.41) is 5.07. The van der Waals surface area contributed by atoms with Crippen LogP contribution in [0.25, 0.3) is 10.4 Å². The van der Waals surface area contributed by atoms with Crippen LogP contribution in [-0.2, 0) is 39.1 Å². The van der Waals surface area contributed by atoms with Crippen LogP contribution >= 0.6 is 11.8 Å². The van der Waals surface area contributed by atoms with Gasteiger partial charge in [-0.05, 0) is 50.7 Å². The average molecular weight is 635 g/mol. The molecule has 41 heavy (non-hydrogen) atoms. The molecule has 0 radical (unpaired) electrons. The van der Waals surface area contributed by atoms with Crippen LogP contribution in [0.1, 0.15) is 12.0 Å². The van der Waals surface area contributed by atoms with Crippen LogP contribution in [0.5, 0.6) is 0 Å². The fourth-order valence-electron chi connectivity index (χ4n) is 3.53. The molecule has 2 N–H and O–H groups in total. The van der Waals surface area contributed by atoms with Crippen molar-refractivity contribution in [3.05, 3.63) is 28.4 Å². The van der Waals surface area contributed by atoms with Crippen molar-refractivity contribution in [3.63, 3.8) is 0 Å². The number of thioether (sulfide) groups is 1. The van der Waals surface area contributed by atoms with Gasteiger partial charge in [0.1, 0.15) is 0 Å². The summed E-state index contributed by atoms with van der Waals surface area (Å²) in [6.45, 7) is 15.9. The van der Waals surface area contributed by atoms with Crippen molar-refractivity contribution in [1.82, 2.24) is 9.97 Å². The van der Waals surface area contributed by atoms with Gasteiger partial charge in [0, 0.05) is 34.8 Å². The van der Waals surface area contributed by atoms with Gasteiger partial charge in [-0.2, -0.15) is 0 Å². The maximum atomic E-state index is 8.14. The van der Waals surface area contributed by atoms with Gasteiger partial charge in [-0.3, -0.25) is 0 Å². The van der Waals surface area contributed by atoms with E-state index in [1.54, 1.807) is 11.8 Å². The third-order valence-electron chi connectivity index (χ3n) is 5.29. The average Bonchev–Trinajstić information content (AvgIpc) is 2.94. The smallest absolute Gasteiger partial charge is 0.187 e. The van der Waals surface area contributed by atoms with E-state index >= 15 is 0 Å². The predicted molar refractivity (Wildman–Crippen MR) is 165 cm³/mol. The highest BCUT2D eigenvalue weighted by Gasteiger charge is 2.32. The van der Waals surface area contributed by atoms with E-state index in [2.05, 4.69) is 46.2 Å². The highest BCUT2D eigenvalue weighted by molar-refractivity contribution is 8.00. The standard InChI is InChI=1S/C25H50N6O7SSi2/c1-40(2,19-5-6-26)38-41(3,4)23-39-25-28-20-24(21-29-25)22-37-18-17-36-16-15-35-14-13-34-12-11-33-10-9-32-8-7-30-31-27/h20-21H,5-19,22-23,26H2,1-4H3. The van der Waals surface area contributed by atoms with Crippen molar-refractivity contribution < 1.29 is 32.5 Å². The van der Waals surface area contributed by atoms with E-state index in [9.17, 15) is 0 Å². The van der Waals surface area contributed by atoms with Gasteiger partial charge in [0.25, 0.3) is 0 Å². The van der Waals surface area contributed by atoms with E-state index in [0.29, 0.717) is 85.8 Å². The Morgan fingerprint density at radius 2 is 1.27 bits per heavy atom.